The minimum atomic E-state index is 1.03. The summed E-state index contributed by atoms with van der Waals surface area (Å²) in [6.07, 6.45) is 9.16. The summed E-state index contributed by atoms with van der Waals surface area (Å²) in [5, 5.41) is 0. The largest absolute Gasteiger partial charge is 0.261 e. The maximum absolute atomic E-state index is 4.08. The number of pyridine rings is 1. The fourth-order valence-corrected chi connectivity index (χ4v) is 0.849. The molecule has 16 heavy (non-hydrogen) atoms. The lowest BCUT2D eigenvalue weighted by molar-refractivity contribution is 1.19. The normalized spacial score (nSPS) is 8.25. The van der Waals surface area contributed by atoms with E-state index in [9.17, 15) is 0 Å². The third-order valence-corrected chi connectivity index (χ3v) is 1.60. The van der Waals surface area contributed by atoms with Crippen molar-refractivity contribution >= 4 is 6.08 Å². The van der Waals surface area contributed by atoms with Crippen molar-refractivity contribution < 1.29 is 0 Å². The van der Waals surface area contributed by atoms with E-state index >= 15 is 0 Å². The highest BCUT2D eigenvalue weighted by atomic mass is 14.7. The zero-order valence-corrected chi connectivity index (χ0v) is 10.9. The maximum atomic E-state index is 4.08. The fraction of sp³-hybridized carbons (Fsp3) is 0.267. The van der Waals surface area contributed by atoms with E-state index in [-0.39, 0.29) is 0 Å². The Hall–Kier alpha value is -1.63. The van der Waals surface area contributed by atoms with Gasteiger partial charge in [0.25, 0.3) is 0 Å². The second kappa shape index (κ2) is 13.4. The Labute approximate surface area is 100 Å². The summed E-state index contributed by atoms with van der Waals surface area (Å²) in [5.74, 6) is 0. The van der Waals surface area contributed by atoms with Crippen LogP contribution in [-0.2, 0) is 0 Å². The van der Waals surface area contributed by atoms with Gasteiger partial charge in [-0.2, -0.15) is 0 Å². The molecule has 1 heteroatoms. The Kier molecular flexibility index (Phi) is 14.0. The van der Waals surface area contributed by atoms with Crippen LogP contribution in [0.25, 0.3) is 6.08 Å². The lowest BCUT2D eigenvalue weighted by Gasteiger charge is -1.94. The first kappa shape index (κ1) is 16.8. The van der Waals surface area contributed by atoms with Crippen LogP contribution in [0, 0.1) is 6.92 Å². The Morgan fingerprint density at radius 2 is 1.88 bits per heavy atom. The molecule has 88 valence electrons. The van der Waals surface area contributed by atoms with E-state index in [1.165, 1.54) is 0 Å². The van der Waals surface area contributed by atoms with Gasteiger partial charge in [-0.15, -0.1) is 0 Å². The topological polar surface area (TPSA) is 12.9 Å². The summed E-state index contributed by atoms with van der Waals surface area (Å²) in [6.45, 7) is 15.0. The van der Waals surface area contributed by atoms with E-state index in [0.29, 0.717) is 0 Å². The number of aryl methyl sites for hydroxylation is 1. The van der Waals surface area contributed by atoms with E-state index in [1.807, 2.05) is 58.1 Å². The molecule has 1 nitrogen and oxygen atoms in total. The first-order valence-corrected chi connectivity index (χ1v) is 5.54. The van der Waals surface area contributed by atoms with Gasteiger partial charge < -0.3 is 0 Å². The molecule has 0 aliphatic carbocycles. The van der Waals surface area contributed by atoms with Gasteiger partial charge in [-0.05, 0) is 25.5 Å². The van der Waals surface area contributed by atoms with Crippen LogP contribution in [0.3, 0.4) is 0 Å². The molecule has 0 unspecified atom stereocenters. The monoisotopic (exact) mass is 217 g/mol. The van der Waals surface area contributed by atoms with E-state index in [2.05, 4.69) is 18.1 Å². The Bertz CT molecular complexity index is 311. The van der Waals surface area contributed by atoms with Gasteiger partial charge in [-0.3, -0.25) is 4.98 Å². The number of nitrogens with zero attached hydrogens (tertiary/aromatic N) is 1. The van der Waals surface area contributed by atoms with Crippen LogP contribution in [0.4, 0.5) is 0 Å². The minimum Gasteiger partial charge on any atom is -0.261 e. The molecule has 0 aromatic carbocycles. The van der Waals surface area contributed by atoms with E-state index in [0.717, 1.165) is 11.3 Å². The number of allylic oxidation sites excluding steroid dienone is 3. The predicted molar refractivity (Wildman–Crippen MR) is 75.4 cm³/mol. The Morgan fingerprint density at radius 3 is 2.12 bits per heavy atom. The number of aromatic nitrogens is 1. The van der Waals surface area contributed by atoms with Crippen LogP contribution in [0.1, 0.15) is 32.0 Å². The summed E-state index contributed by atoms with van der Waals surface area (Å²) in [7, 11) is 0. The lowest BCUT2D eigenvalue weighted by atomic mass is 10.2. The van der Waals surface area contributed by atoms with E-state index in [4.69, 9.17) is 0 Å². The average Bonchev–Trinajstić information content (AvgIpc) is 2.34. The molecular weight excluding hydrogens is 194 g/mol. The molecule has 1 rings (SSSR count). The summed E-state index contributed by atoms with van der Waals surface area (Å²) in [5.41, 5.74) is 2.14. The van der Waals surface area contributed by atoms with Gasteiger partial charge in [0.15, 0.2) is 0 Å². The van der Waals surface area contributed by atoms with Crippen LogP contribution in [0.2, 0.25) is 0 Å². The summed E-state index contributed by atoms with van der Waals surface area (Å²) in [6, 6.07) is 3.90. The van der Waals surface area contributed by atoms with Crippen LogP contribution in [0.15, 0.2) is 49.7 Å². The predicted octanol–water partition coefficient (Wildman–Crippen LogP) is 4.81. The second-order valence-corrected chi connectivity index (χ2v) is 2.64. The van der Waals surface area contributed by atoms with Crippen LogP contribution in [0.5, 0.6) is 0 Å². The smallest absolute Gasteiger partial charge is 0.0444 e. The van der Waals surface area contributed by atoms with E-state index < -0.39 is 0 Å². The Morgan fingerprint density at radius 1 is 1.25 bits per heavy atom. The average molecular weight is 217 g/mol. The van der Waals surface area contributed by atoms with Crippen molar-refractivity contribution in [1.29, 1.82) is 0 Å². The quantitative estimate of drug-likeness (QED) is 0.648. The summed E-state index contributed by atoms with van der Waals surface area (Å²) in [4.78, 5) is 4.08. The van der Waals surface area contributed by atoms with Gasteiger partial charge in [0, 0.05) is 11.9 Å². The SMILES string of the molecule is C=C/C=C\C.C=Cc1cccnc1C.CC. The van der Waals surface area contributed by atoms with E-state index in [1.54, 1.807) is 12.3 Å². The van der Waals surface area contributed by atoms with Crippen LogP contribution >= 0.6 is 0 Å². The van der Waals surface area contributed by atoms with Crippen molar-refractivity contribution in [2.75, 3.05) is 0 Å². The number of hydrogen-bond acceptors (Lipinski definition) is 1. The van der Waals surface area contributed by atoms with Crippen molar-refractivity contribution in [1.82, 2.24) is 4.98 Å². The molecule has 0 amide bonds. The highest BCUT2D eigenvalue weighted by Crippen LogP contribution is 2.03. The van der Waals surface area contributed by atoms with Crippen molar-refractivity contribution in [2.24, 2.45) is 0 Å². The minimum absolute atomic E-state index is 1.03. The molecule has 0 saturated heterocycles. The molecule has 0 aliphatic heterocycles. The number of hydrogen-bond donors (Lipinski definition) is 0. The first-order valence-electron chi connectivity index (χ1n) is 5.54. The molecule has 0 fully saturated rings. The molecule has 0 aliphatic rings. The molecule has 0 atom stereocenters. The van der Waals surface area contributed by atoms with Gasteiger partial charge in [0.2, 0.25) is 0 Å². The van der Waals surface area contributed by atoms with Crippen LogP contribution < -0.4 is 0 Å². The highest BCUT2D eigenvalue weighted by Gasteiger charge is 1.88. The molecule has 0 bridgehead atoms. The van der Waals surface area contributed by atoms with Gasteiger partial charge >= 0.3 is 0 Å². The third-order valence-electron chi connectivity index (χ3n) is 1.60. The van der Waals surface area contributed by atoms with Crippen molar-refractivity contribution in [2.45, 2.75) is 27.7 Å². The highest BCUT2D eigenvalue weighted by molar-refractivity contribution is 5.48. The third kappa shape index (κ3) is 8.95. The van der Waals surface area contributed by atoms with Crippen molar-refractivity contribution in [3.8, 4) is 0 Å². The molecule has 1 heterocycles. The fourth-order valence-electron chi connectivity index (χ4n) is 0.849. The second-order valence-electron chi connectivity index (χ2n) is 2.64. The maximum Gasteiger partial charge on any atom is 0.0444 e. The van der Waals surface area contributed by atoms with Gasteiger partial charge in [-0.25, -0.2) is 0 Å². The molecule has 0 radical (unpaired) electrons. The molecule has 0 saturated carbocycles. The lowest BCUT2D eigenvalue weighted by Crippen LogP contribution is -1.82. The summed E-state index contributed by atoms with van der Waals surface area (Å²) >= 11 is 0. The zero-order valence-electron chi connectivity index (χ0n) is 10.9. The summed E-state index contributed by atoms with van der Waals surface area (Å²) < 4.78 is 0. The molecule has 1 aromatic heterocycles. The number of rotatable bonds is 2. The molecular formula is C15H23N. The van der Waals surface area contributed by atoms with Gasteiger partial charge in [0.1, 0.15) is 0 Å². The van der Waals surface area contributed by atoms with Crippen LogP contribution in [-0.4, -0.2) is 4.98 Å². The van der Waals surface area contributed by atoms with Crippen molar-refractivity contribution in [3.63, 3.8) is 0 Å². The zero-order chi connectivity index (χ0) is 12.8. The van der Waals surface area contributed by atoms with Gasteiger partial charge in [-0.1, -0.05) is 57.4 Å². The standard InChI is InChI=1S/C8H9N.C5H8.C2H6/c1-3-8-5-4-6-9-7(8)2;1-3-5-4-2;1-2/h3-6H,1H2,2H3;3-5H,1H2,2H3;1-2H3/b;5-4-;. The van der Waals surface area contributed by atoms with Crippen molar-refractivity contribution in [3.05, 3.63) is 61.0 Å². The first-order chi connectivity index (χ1) is 7.76. The molecule has 0 spiro atoms. The van der Waals surface area contributed by atoms with Gasteiger partial charge in [0.05, 0.1) is 0 Å². The Balaban J connectivity index is 0. The molecule has 0 N–H and O–H groups in total. The molecule has 1 aromatic rings.